The van der Waals surface area contributed by atoms with E-state index in [2.05, 4.69) is 41.8 Å². The Kier molecular flexibility index (Phi) is 4.24. The first kappa shape index (κ1) is 12.7. The highest BCUT2D eigenvalue weighted by atomic mass is 16.3. The van der Waals surface area contributed by atoms with Gasteiger partial charge in [-0.2, -0.15) is 0 Å². The summed E-state index contributed by atoms with van der Waals surface area (Å²) in [5, 5.41) is 10.0. The Bertz CT molecular complexity index is 340. The molecule has 1 heterocycles. The average Bonchev–Trinajstić information content (AvgIpc) is 3.09. The van der Waals surface area contributed by atoms with Gasteiger partial charge in [0.25, 0.3) is 0 Å². The molecular weight excluding hydrogens is 212 g/mol. The maximum absolute atomic E-state index is 10.0. The van der Waals surface area contributed by atoms with E-state index in [-0.39, 0.29) is 6.10 Å². The van der Waals surface area contributed by atoms with Gasteiger partial charge < -0.3 is 14.6 Å². The third-order valence-corrected chi connectivity index (χ3v) is 3.75. The van der Waals surface area contributed by atoms with E-state index in [0.717, 1.165) is 31.7 Å². The Morgan fingerprint density at radius 1 is 1.41 bits per heavy atom. The second-order valence-electron chi connectivity index (χ2n) is 4.99. The fourth-order valence-electron chi connectivity index (χ4n) is 2.25. The zero-order chi connectivity index (χ0) is 12.3. The van der Waals surface area contributed by atoms with Crippen LogP contribution in [-0.4, -0.2) is 34.2 Å². The first-order valence-corrected chi connectivity index (χ1v) is 6.80. The number of hydrogen-bond donors (Lipinski definition) is 1. The molecule has 0 bridgehead atoms. The lowest BCUT2D eigenvalue weighted by molar-refractivity contribution is 0.153. The molecule has 1 saturated carbocycles. The molecule has 1 aliphatic rings. The Balaban J connectivity index is 1.85. The Labute approximate surface area is 104 Å². The molecule has 3 nitrogen and oxygen atoms in total. The molecule has 0 aliphatic heterocycles. The SMILES string of the molecule is CCN(CC)CCn1ccc(C(O)C2CC2)c1. The lowest BCUT2D eigenvalue weighted by Gasteiger charge is -2.18. The summed E-state index contributed by atoms with van der Waals surface area (Å²) in [6, 6.07) is 2.06. The summed E-state index contributed by atoms with van der Waals surface area (Å²) >= 11 is 0. The van der Waals surface area contributed by atoms with Crippen molar-refractivity contribution in [1.29, 1.82) is 0 Å². The maximum Gasteiger partial charge on any atom is 0.0832 e. The van der Waals surface area contributed by atoms with Crippen molar-refractivity contribution in [3.63, 3.8) is 0 Å². The molecule has 1 aromatic heterocycles. The van der Waals surface area contributed by atoms with Gasteiger partial charge in [-0.05, 0) is 43.5 Å². The van der Waals surface area contributed by atoms with E-state index in [1.165, 1.54) is 12.8 Å². The van der Waals surface area contributed by atoms with Crippen LogP contribution in [0.5, 0.6) is 0 Å². The van der Waals surface area contributed by atoms with Crippen molar-refractivity contribution in [2.24, 2.45) is 5.92 Å². The number of likely N-dealkylation sites (N-methyl/N-ethyl adjacent to an activating group) is 1. The number of hydrogen-bond acceptors (Lipinski definition) is 2. The van der Waals surface area contributed by atoms with Gasteiger partial charge in [0.05, 0.1) is 6.10 Å². The Hall–Kier alpha value is -0.800. The molecule has 0 spiro atoms. The summed E-state index contributed by atoms with van der Waals surface area (Å²) in [5.41, 5.74) is 1.09. The summed E-state index contributed by atoms with van der Waals surface area (Å²) in [4.78, 5) is 2.41. The molecule has 0 radical (unpaired) electrons. The largest absolute Gasteiger partial charge is 0.388 e. The molecule has 1 N–H and O–H groups in total. The third kappa shape index (κ3) is 3.33. The van der Waals surface area contributed by atoms with Gasteiger partial charge in [0.2, 0.25) is 0 Å². The highest BCUT2D eigenvalue weighted by molar-refractivity contribution is 5.16. The topological polar surface area (TPSA) is 28.4 Å². The van der Waals surface area contributed by atoms with Crippen molar-refractivity contribution in [3.05, 3.63) is 24.0 Å². The van der Waals surface area contributed by atoms with E-state index in [1.807, 2.05) is 0 Å². The van der Waals surface area contributed by atoms with E-state index in [1.54, 1.807) is 0 Å². The predicted molar refractivity (Wildman–Crippen MR) is 69.9 cm³/mol. The molecular formula is C14H24N2O. The van der Waals surface area contributed by atoms with Crippen LogP contribution in [0.25, 0.3) is 0 Å². The molecule has 1 aromatic rings. The Morgan fingerprint density at radius 2 is 2.12 bits per heavy atom. The van der Waals surface area contributed by atoms with Gasteiger partial charge in [0.1, 0.15) is 0 Å². The quantitative estimate of drug-likeness (QED) is 0.786. The molecule has 1 atom stereocenters. The highest BCUT2D eigenvalue weighted by Crippen LogP contribution is 2.40. The van der Waals surface area contributed by atoms with E-state index in [0.29, 0.717) is 5.92 Å². The fourth-order valence-corrected chi connectivity index (χ4v) is 2.25. The average molecular weight is 236 g/mol. The van der Waals surface area contributed by atoms with Crippen molar-refractivity contribution in [3.8, 4) is 0 Å². The molecule has 3 heteroatoms. The summed E-state index contributed by atoms with van der Waals surface area (Å²) in [5.74, 6) is 0.522. The summed E-state index contributed by atoms with van der Waals surface area (Å²) in [6.45, 7) is 8.70. The molecule has 2 rings (SSSR count). The van der Waals surface area contributed by atoms with Gasteiger partial charge in [-0.25, -0.2) is 0 Å². The molecule has 1 fully saturated rings. The van der Waals surface area contributed by atoms with Gasteiger partial charge in [0, 0.05) is 25.5 Å². The molecule has 1 unspecified atom stereocenters. The number of rotatable bonds is 7. The van der Waals surface area contributed by atoms with E-state index in [4.69, 9.17) is 0 Å². The fraction of sp³-hybridized carbons (Fsp3) is 0.714. The number of aliphatic hydroxyl groups is 1. The molecule has 96 valence electrons. The van der Waals surface area contributed by atoms with Crippen LogP contribution in [0, 0.1) is 5.92 Å². The van der Waals surface area contributed by atoms with E-state index < -0.39 is 0 Å². The van der Waals surface area contributed by atoms with Gasteiger partial charge >= 0.3 is 0 Å². The van der Waals surface area contributed by atoms with Gasteiger partial charge in [-0.15, -0.1) is 0 Å². The normalized spacial score (nSPS) is 17.6. The highest BCUT2D eigenvalue weighted by Gasteiger charge is 2.31. The van der Waals surface area contributed by atoms with Gasteiger partial charge in [0.15, 0.2) is 0 Å². The van der Waals surface area contributed by atoms with Gasteiger partial charge in [-0.1, -0.05) is 13.8 Å². The van der Waals surface area contributed by atoms with Crippen LogP contribution in [-0.2, 0) is 6.54 Å². The Morgan fingerprint density at radius 3 is 2.71 bits per heavy atom. The molecule has 0 aromatic carbocycles. The first-order chi connectivity index (χ1) is 8.24. The maximum atomic E-state index is 10.0. The van der Waals surface area contributed by atoms with Crippen LogP contribution in [0.4, 0.5) is 0 Å². The minimum atomic E-state index is -0.232. The third-order valence-electron chi connectivity index (χ3n) is 3.75. The van der Waals surface area contributed by atoms with E-state index >= 15 is 0 Å². The molecule has 17 heavy (non-hydrogen) atoms. The van der Waals surface area contributed by atoms with Crippen LogP contribution in [0.2, 0.25) is 0 Å². The van der Waals surface area contributed by atoms with Crippen molar-refractivity contribution in [1.82, 2.24) is 9.47 Å². The zero-order valence-corrected chi connectivity index (χ0v) is 11.0. The number of aliphatic hydroxyl groups excluding tert-OH is 1. The standard InChI is InChI=1S/C14H24N2O/c1-3-15(4-2)9-10-16-8-7-13(11-16)14(17)12-5-6-12/h7-8,11-12,14,17H,3-6,9-10H2,1-2H3. The van der Waals surface area contributed by atoms with Gasteiger partial charge in [-0.3, -0.25) is 0 Å². The van der Waals surface area contributed by atoms with Crippen molar-refractivity contribution in [2.75, 3.05) is 19.6 Å². The monoisotopic (exact) mass is 236 g/mol. The van der Waals surface area contributed by atoms with Crippen LogP contribution < -0.4 is 0 Å². The second kappa shape index (κ2) is 5.69. The van der Waals surface area contributed by atoms with Crippen LogP contribution >= 0.6 is 0 Å². The molecule has 1 aliphatic carbocycles. The van der Waals surface area contributed by atoms with Crippen LogP contribution in [0.3, 0.4) is 0 Å². The summed E-state index contributed by atoms with van der Waals surface area (Å²) < 4.78 is 2.19. The van der Waals surface area contributed by atoms with Crippen molar-refractivity contribution >= 4 is 0 Å². The van der Waals surface area contributed by atoms with Crippen LogP contribution in [0.15, 0.2) is 18.5 Å². The molecule has 0 saturated heterocycles. The van der Waals surface area contributed by atoms with E-state index in [9.17, 15) is 5.11 Å². The smallest absolute Gasteiger partial charge is 0.0832 e. The molecule has 0 amide bonds. The second-order valence-corrected chi connectivity index (χ2v) is 4.99. The summed E-state index contributed by atoms with van der Waals surface area (Å²) in [6.07, 6.45) is 6.33. The lowest BCUT2D eigenvalue weighted by atomic mass is 10.1. The van der Waals surface area contributed by atoms with Crippen LogP contribution in [0.1, 0.15) is 38.4 Å². The lowest BCUT2D eigenvalue weighted by Crippen LogP contribution is -2.26. The van der Waals surface area contributed by atoms with Crippen molar-refractivity contribution < 1.29 is 5.11 Å². The van der Waals surface area contributed by atoms with Crippen molar-refractivity contribution in [2.45, 2.75) is 39.3 Å². The first-order valence-electron chi connectivity index (χ1n) is 6.80. The number of nitrogens with zero attached hydrogens (tertiary/aromatic N) is 2. The predicted octanol–water partition coefficient (Wildman–Crippen LogP) is 2.27. The summed E-state index contributed by atoms with van der Waals surface area (Å²) in [7, 11) is 0. The minimum Gasteiger partial charge on any atom is -0.388 e. The number of aromatic nitrogens is 1. The zero-order valence-electron chi connectivity index (χ0n) is 11.0. The minimum absolute atomic E-state index is 0.232.